The minimum atomic E-state index is -3.59. The summed E-state index contributed by atoms with van der Waals surface area (Å²) in [6, 6.07) is 7.03. The van der Waals surface area contributed by atoms with Crippen LogP contribution in [0.25, 0.3) is 0 Å². The molecule has 0 aliphatic carbocycles. The van der Waals surface area contributed by atoms with E-state index in [1.165, 1.54) is 16.8 Å². The van der Waals surface area contributed by atoms with Gasteiger partial charge in [-0.05, 0) is 30.9 Å². The topological polar surface area (TPSA) is 139 Å². The number of nitrogens with zero attached hydrogens (tertiary/aromatic N) is 4. The Morgan fingerprint density at radius 3 is 2.65 bits per heavy atom. The van der Waals surface area contributed by atoms with Crippen molar-refractivity contribution in [2.45, 2.75) is 30.8 Å². The van der Waals surface area contributed by atoms with E-state index in [-0.39, 0.29) is 28.9 Å². The molecule has 0 saturated carbocycles. The Morgan fingerprint density at radius 1 is 1.26 bits per heavy atom. The maximum atomic E-state index is 13.3. The first-order valence-corrected chi connectivity index (χ1v) is 11.7. The number of carbonyl (C=O) groups is 1. The lowest BCUT2D eigenvalue weighted by atomic mass is 10.00. The minimum Gasteiger partial charge on any atom is -0.384 e. The maximum Gasteiger partial charge on any atom is 0.324 e. The van der Waals surface area contributed by atoms with Crippen LogP contribution in [-0.4, -0.2) is 71.7 Å². The molecule has 2 aromatic rings. The molecule has 10 nitrogen and oxygen atoms in total. The van der Waals surface area contributed by atoms with E-state index in [9.17, 15) is 13.2 Å². The number of hydrogen-bond donors (Lipinski definition) is 3. The molecule has 11 heteroatoms. The molecule has 1 atom stereocenters. The number of rotatable bonds is 5. The molecule has 166 valence electrons. The van der Waals surface area contributed by atoms with Gasteiger partial charge in [0.25, 0.3) is 10.0 Å². The molecular formula is C20H27N7O3S. The van der Waals surface area contributed by atoms with E-state index in [2.05, 4.69) is 16.9 Å². The number of hydrogen-bond acceptors (Lipinski definition) is 5. The van der Waals surface area contributed by atoms with Crippen molar-refractivity contribution in [3.63, 3.8) is 0 Å². The second-order valence-electron chi connectivity index (χ2n) is 8.17. The fourth-order valence-corrected chi connectivity index (χ4v) is 5.66. The molecule has 4 rings (SSSR count). The average Bonchev–Trinajstić information content (AvgIpc) is 3.31. The SMILES string of the molecule is CC1CN(c2cccc(C(=N)N)c2)C(=O)N(C2CCN(S(=O)(=O)c3cnc[nH]3)CC2)C1. The molecule has 1 aromatic carbocycles. The van der Waals surface area contributed by atoms with Crippen LogP contribution >= 0.6 is 0 Å². The van der Waals surface area contributed by atoms with Gasteiger partial charge < -0.3 is 15.6 Å². The minimum absolute atomic E-state index is 0.0260. The van der Waals surface area contributed by atoms with Crippen LogP contribution in [0.3, 0.4) is 0 Å². The Morgan fingerprint density at radius 2 is 2.00 bits per heavy atom. The van der Waals surface area contributed by atoms with E-state index in [0.717, 1.165) is 0 Å². The van der Waals surface area contributed by atoms with Crippen LogP contribution in [0.1, 0.15) is 25.3 Å². The second-order valence-corrected chi connectivity index (χ2v) is 10.1. The molecule has 2 aliphatic rings. The van der Waals surface area contributed by atoms with Crippen molar-refractivity contribution < 1.29 is 13.2 Å². The van der Waals surface area contributed by atoms with Gasteiger partial charge in [0.05, 0.1) is 12.5 Å². The number of amidine groups is 1. The number of H-pyrrole nitrogens is 1. The fourth-order valence-electron chi connectivity index (χ4n) is 4.30. The number of aromatic nitrogens is 2. The van der Waals surface area contributed by atoms with Crippen molar-refractivity contribution in [3.05, 3.63) is 42.4 Å². The highest BCUT2D eigenvalue weighted by Crippen LogP contribution is 2.29. The number of nitrogens with one attached hydrogen (secondary N) is 2. The lowest BCUT2D eigenvalue weighted by Crippen LogP contribution is -2.58. The monoisotopic (exact) mass is 445 g/mol. The number of nitrogens with two attached hydrogens (primary N) is 1. The first-order valence-electron chi connectivity index (χ1n) is 10.3. The van der Waals surface area contributed by atoms with Crippen molar-refractivity contribution in [3.8, 4) is 0 Å². The largest absolute Gasteiger partial charge is 0.384 e. The summed E-state index contributed by atoms with van der Waals surface area (Å²) < 4.78 is 26.9. The first kappa shape index (κ1) is 21.3. The van der Waals surface area contributed by atoms with Crippen LogP contribution in [0.2, 0.25) is 0 Å². The van der Waals surface area contributed by atoms with Crippen LogP contribution in [0, 0.1) is 11.3 Å². The number of aromatic amines is 1. The molecule has 31 heavy (non-hydrogen) atoms. The molecule has 2 fully saturated rings. The maximum absolute atomic E-state index is 13.3. The number of sulfonamides is 1. The number of imidazole rings is 1. The van der Waals surface area contributed by atoms with E-state index in [4.69, 9.17) is 11.1 Å². The van der Waals surface area contributed by atoms with E-state index in [1.54, 1.807) is 23.1 Å². The molecule has 2 saturated heterocycles. The molecule has 1 aromatic heterocycles. The lowest BCUT2D eigenvalue weighted by Gasteiger charge is -2.45. The fraction of sp³-hybridized carbons (Fsp3) is 0.450. The van der Waals surface area contributed by atoms with Gasteiger partial charge in [-0.15, -0.1) is 0 Å². The van der Waals surface area contributed by atoms with Gasteiger partial charge >= 0.3 is 6.03 Å². The van der Waals surface area contributed by atoms with Crippen molar-refractivity contribution in [1.29, 1.82) is 5.41 Å². The number of nitrogen functional groups attached to an aromatic ring is 1. The summed E-state index contributed by atoms with van der Waals surface area (Å²) in [6.07, 6.45) is 3.81. The van der Waals surface area contributed by atoms with Gasteiger partial charge in [-0.25, -0.2) is 18.2 Å². The summed E-state index contributed by atoms with van der Waals surface area (Å²) in [5.41, 5.74) is 6.90. The molecule has 4 N–H and O–H groups in total. The zero-order valence-electron chi connectivity index (χ0n) is 17.4. The Labute approximate surface area is 181 Å². The summed E-state index contributed by atoms with van der Waals surface area (Å²) in [6.45, 7) is 4.02. The van der Waals surface area contributed by atoms with Crippen molar-refractivity contribution >= 4 is 27.6 Å². The van der Waals surface area contributed by atoms with Crippen molar-refractivity contribution in [2.24, 2.45) is 11.7 Å². The number of urea groups is 1. The third kappa shape index (κ3) is 4.15. The molecule has 3 heterocycles. The standard InChI is InChI=1S/C20H27N7O3S/c1-14-11-26(20(28)27(12-14)17-4-2-3-15(9-17)19(21)22)16-5-7-25(8-6-16)31(29,30)18-10-23-13-24-18/h2-4,9-10,13-14,16H,5-8,11-12H2,1H3,(H3,21,22)(H,23,24). The molecule has 1 unspecified atom stereocenters. The highest BCUT2D eigenvalue weighted by atomic mass is 32.2. The van der Waals surface area contributed by atoms with Crippen molar-refractivity contribution in [1.82, 2.24) is 19.2 Å². The number of piperidine rings is 1. The number of amides is 2. The van der Waals surface area contributed by atoms with Crippen LogP contribution in [-0.2, 0) is 10.0 Å². The highest BCUT2D eigenvalue weighted by Gasteiger charge is 2.38. The van der Waals surface area contributed by atoms with Crippen LogP contribution in [0.4, 0.5) is 10.5 Å². The van der Waals surface area contributed by atoms with E-state index in [0.29, 0.717) is 50.3 Å². The Balaban J connectivity index is 1.48. The summed E-state index contributed by atoms with van der Waals surface area (Å²) in [7, 11) is -3.59. The van der Waals surface area contributed by atoms with Crippen LogP contribution in [0.15, 0.2) is 41.8 Å². The summed E-state index contributed by atoms with van der Waals surface area (Å²) in [5.74, 6) is 0.215. The Kier molecular flexibility index (Phi) is 5.71. The normalized spacial score (nSPS) is 21.5. The van der Waals surface area contributed by atoms with E-state index < -0.39 is 10.0 Å². The molecular weight excluding hydrogens is 418 g/mol. The highest BCUT2D eigenvalue weighted by molar-refractivity contribution is 7.89. The molecule has 0 spiro atoms. The summed E-state index contributed by atoms with van der Waals surface area (Å²) in [5, 5.41) is 7.75. The molecule has 0 radical (unpaired) electrons. The first-order chi connectivity index (χ1) is 14.8. The summed E-state index contributed by atoms with van der Waals surface area (Å²) >= 11 is 0. The molecule has 2 amide bonds. The van der Waals surface area contributed by atoms with Gasteiger partial charge in [0, 0.05) is 43.5 Å². The Bertz CT molecular complexity index is 1060. The quantitative estimate of drug-likeness (QED) is 0.472. The molecule has 0 bridgehead atoms. The van der Waals surface area contributed by atoms with Gasteiger partial charge in [0.15, 0.2) is 5.03 Å². The molecule has 2 aliphatic heterocycles. The van der Waals surface area contributed by atoms with Crippen LogP contribution in [0.5, 0.6) is 0 Å². The van der Waals surface area contributed by atoms with Gasteiger partial charge in [-0.1, -0.05) is 19.1 Å². The van der Waals surface area contributed by atoms with E-state index in [1.807, 2.05) is 11.0 Å². The lowest BCUT2D eigenvalue weighted by molar-refractivity contribution is 0.127. The van der Waals surface area contributed by atoms with Gasteiger partial charge in [0.2, 0.25) is 0 Å². The number of benzene rings is 1. The Hall–Kier alpha value is -2.92. The average molecular weight is 446 g/mol. The van der Waals surface area contributed by atoms with E-state index >= 15 is 0 Å². The van der Waals surface area contributed by atoms with Crippen molar-refractivity contribution in [2.75, 3.05) is 31.1 Å². The predicted molar refractivity (Wildman–Crippen MR) is 116 cm³/mol. The predicted octanol–water partition coefficient (Wildman–Crippen LogP) is 1.43. The van der Waals surface area contributed by atoms with Gasteiger partial charge in [0.1, 0.15) is 5.84 Å². The van der Waals surface area contributed by atoms with Crippen LogP contribution < -0.4 is 10.6 Å². The number of carbonyl (C=O) groups excluding carboxylic acids is 1. The third-order valence-electron chi connectivity index (χ3n) is 5.90. The third-order valence-corrected chi connectivity index (χ3v) is 7.73. The summed E-state index contributed by atoms with van der Waals surface area (Å²) in [4.78, 5) is 23.4. The number of anilines is 1. The van der Waals surface area contributed by atoms with Gasteiger partial charge in [-0.3, -0.25) is 10.3 Å². The zero-order chi connectivity index (χ0) is 22.2. The smallest absolute Gasteiger partial charge is 0.324 e. The van der Waals surface area contributed by atoms with Gasteiger partial charge in [-0.2, -0.15) is 4.31 Å². The zero-order valence-corrected chi connectivity index (χ0v) is 18.2. The second kappa shape index (κ2) is 8.31.